The lowest BCUT2D eigenvalue weighted by Crippen LogP contribution is -2.49. The van der Waals surface area contributed by atoms with Crippen LogP contribution in [0.5, 0.6) is 5.75 Å². The van der Waals surface area contributed by atoms with E-state index in [-0.39, 0.29) is 5.91 Å². The number of fused-ring (bicyclic) bond motifs is 1. The third kappa shape index (κ3) is 4.59. The Balaban J connectivity index is 1.24. The summed E-state index contributed by atoms with van der Waals surface area (Å²) in [5, 5.41) is 1.17. The molecule has 7 heteroatoms. The Labute approximate surface area is 205 Å². The number of carbonyl (C=O) groups is 1. The van der Waals surface area contributed by atoms with Crippen molar-refractivity contribution in [2.45, 2.75) is 31.8 Å². The van der Waals surface area contributed by atoms with Gasteiger partial charge < -0.3 is 14.5 Å². The van der Waals surface area contributed by atoms with Crippen molar-refractivity contribution in [3.05, 3.63) is 69.8 Å². The zero-order valence-corrected chi connectivity index (χ0v) is 20.4. The van der Waals surface area contributed by atoms with Crippen LogP contribution in [0.4, 0.5) is 5.69 Å². The van der Waals surface area contributed by atoms with Crippen LogP contribution in [-0.2, 0) is 11.3 Å². The summed E-state index contributed by atoms with van der Waals surface area (Å²) < 4.78 is 5.30. The first-order chi connectivity index (χ1) is 16.0. The molecule has 1 saturated carbocycles. The molecule has 3 aliphatic rings. The highest BCUT2D eigenvalue weighted by atomic mass is 35.5. The zero-order valence-electron chi connectivity index (χ0n) is 18.8. The number of benzene rings is 2. The minimum absolute atomic E-state index is 0.206. The average Bonchev–Trinajstić information content (AvgIpc) is 3.45. The molecule has 174 valence electrons. The zero-order chi connectivity index (χ0) is 22.9. The number of anilines is 1. The molecule has 5 rings (SSSR count). The molecule has 2 aliphatic heterocycles. The molecule has 2 aromatic rings. The Bertz CT molecular complexity index is 1050. The molecule has 1 aliphatic carbocycles. The van der Waals surface area contributed by atoms with Gasteiger partial charge in [0.05, 0.1) is 17.2 Å². The van der Waals surface area contributed by atoms with Crippen molar-refractivity contribution >= 4 is 34.8 Å². The van der Waals surface area contributed by atoms with Crippen LogP contribution in [-0.4, -0.2) is 55.0 Å². The molecule has 0 aromatic heterocycles. The van der Waals surface area contributed by atoms with E-state index in [4.69, 9.17) is 27.9 Å². The highest BCUT2D eigenvalue weighted by Crippen LogP contribution is 2.43. The largest absolute Gasteiger partial charge is 0.497 e. The number of nitrogens with zero attached hydrogens (tertiary/aromatic N) is 3. The van der Waals surface area contributed by atoms with Crippen LogP contribution >= 0.6 is 23.2 Å². The summed E-state index contributed by atoms with van der Waals surface area (Å²) in [6, 6.07) is 14.3. The maximum absolute atomic E-state index is 13.5. The SMILES string of the molecule is COc1ccc(N2C=C(C(=O)N3CCN(Cc4ccc(Cl)c(Cl)c4)CC3)C3CCCC32)cc1. The molecule has 0 N–H and O–H groups in total. The van der Waals surface area contributed by atoms with Crippen molar-refractivity contribution < 1.29 is 9.53 Å². The summed E-state index contributed by atoms with van der Waals surface area (Å²) in [6.45, 7) is 4.03. The van der Waals surface area contributed by atoms with Gasteiger partial charge in [0.25, 0.3) is 5.91 Å². The topological polar surface area (TPSA) is 36.0 Å². The van der Waals surface area contributed by atoms with Gasteiger partial charge in [-0.1, -0.05) is 35.7 Å². The number of amides is 1. The lowest BCUT2D eigenvalue weighted by Gasteiger charge is -2.35. The van der Waals surface area contributed by atoms with Crippen LogP contribution in [0.2, 0.25) is 10.0 Å². The molecule has 2 heterocycles. The summed E-state index contributed by atoms with van der Waals surface area (Å²) in [5.74, 6) is 1.38. The van der Waals surface area contributed by atoms with E-state index in [1.54, 1.807) is 7.11 Å². The summed E-state index contributed by atoms with van der Waals surface area (Å²) in [4.78, 5) is 20.2. The minimum atomic E-state index is 0.206. The second-order valence-electron chi connectivity index (χ2n) is 9.11. The van der Waals surface area contributed by atoms with Gasteiger partial charge in [0.15, 0.2) is 0 Å². The van der Waals surface area contributed by atoms with Crippen LogP contribution in [0.3, 0.4) is 0 Å². The van der Waals surface area contributed by atoms with Crippen molar-refractivity contribution in [3.8, 4) is 5.75 Å². The van der Waals surface area contributed by atoms with Crippen LogP contribution in [0.25, 0.3) is 0 Å². The van der Waals surface area contributed by atoms with Crippen molar-refractivity contribution in [1.29, 1.82) is 0 Å². The van der Waals surface area contributed by atoms with E-state index in [9.17, 15) is 4.79 Å². The van der Waals surface area contributed by atoms with E-state index in [1.165, 1.54) is 6.42 Å². The van der Waals surface area contributed by atoms with Gasteiger partial charge in [-0.25, -0.2) is 0 Å². The maximum Gasteiger partial charge on any atom is 0.251 e. The molecule has 2 unspecified atom stereocenters. The van der Waals surface area contributed by atoms with Crippen LogP contribution in [0.1, 0.15) is 24.8 Å². The molecule has 1 saturated heterocycles. The highest BCUT2D eigenvalue weighted by Gasteiger charge is 2.43. The molecular weight excluding hydrogens is 457 g/mol. The van der Waals surface area contributed by atoms with Crippen molar-refractivity contribution in [1.82, 2.24) is 9.80 Å². The summed E-state index contributed by atoms with van der Waals surface area (Å²) in [5.41, 5.74) is 3.25. The first kappa shape index (κ1) is 22.6. The second kappa shape index (κ2) is 9.57. The van der Waals surface area contributed by atoms with E-state index in [0.717, 1.165) is 68.1 Å². The van der Waals surface area contributed by atoms with E-state index in [1.807, 2.05) is 35.2 Å². The summed E-state index contributed by atoms with van der Waals surface area (Å²) in [6.07, 6.45) is 5.50. The Kier molecular flexibility index (Phi) is 6.55. The Morgan fingerprint density at radius 1 is 1.00 bits per heavy atom. The number of hydrogen-bond donors (Lipinski definition) is 0. The van der Waals surface area contributed by atoms with Gasteiger partial charge >= 0.3 is 0 Å². The number of methoxy groups -OCH3 is 1. The quantitative estimate of drug-likeness (QED) is 0.581. The van der Waals surface area contributed by atoms with E-state index in [2.05, 4.69) is 28.1 Å². The lowest BCUT2D eigenvalue weighted by molar-refractivity contribution is -0.129. The Morgan fingerprint density at radius 2 is 1.76 bits per heavy atom. The fourth-order valence-electron chi connectivity index (χ4n) is 5.40. The molecule has 1 amide bonds. The van der Waals surface area contributed by atoms with Crippen molar-refractivity contribution in [3.63, 3.8) is 0 Å². The fraction of sp³-hybridized carbons (Fsp3) is 0.423. The molecule has 2 atom stereocenters. The lowest BCUT2D eigenvalue weighted by atomic mass is 9.96. The first-order valence-corrected chi connectivity index (χ1v) is 12.4. The number of piperazine rings is 1. The molecule has 0 spiro atoms. The van der Waals surface area contributed by atoms with Gasteiger partial charge in [0.2, 0.25) is 0 Å². The van der Waals surface area contributed by atoms with Crippen LogP contribution in [0.15, 0.2) is 54.2 Å². The van der Waals surface area contributed by atoms with Gasteiger partial charge in [-0.05, 0) is 54.8 Å². The number of rotatable bonds is 5. The van der Waals surface area contributed by atoms with Gasteiger partial charge in [0, 0.05) is 62.1 Å². The molecule has 5 nitrogen and oxygen atoms in total. The van der Waals surface area contributed by atoms with Crippen molar-refractivity contribution in [2.24, 2.45) is 5.92 Å². The standard InChI is InChI=1S/C26H29Cl2N3O2/c1-33-20-8-6-19(7-9-20)31-17-22(21-3-2-4-25(21)31)26(32)30-13-11-29(12-14-30)16-18-5-10-23(27)24(28)15-18/h5-10,15,17,21,25H,2-4,11-14,16H2,1H3. The van der Waals surface area contributed by atoms with Crippen LogP contribution in [0, 0.1) is 5.92 Å². The normalized spacial score (nSPS) is 22.9. The molecule has 2 fully saturated rings. The predicted molar refractivity (Wildman–Crippen MR) is 133 cm³/mol. The second-order valence-corrected chi connectivity index (χ2v) is 9.93. The summed E-state index contributed by atoms with van der Waals surface area (Å²) in [7, 11) is 1.68. The number of ether oxygens (including phenoxy) is 1. The molecule has 0 bridgehead atoms. The minimum Gasteiger partial charge on any atom is -0.497 e. The van der Waals surface area contributed by atoms with E-state index >= 15 is 0 Å². The fourth-order valence-corrected chi connectivity index (χ4v) is 5.72. The predicted octanol–water partition coefficient (Wildman–Crippen LogP) is 5.22. The van der Waals surface area contributed by atoms with Gasteiger partial charge in [-0.2, -0.15) is 0 Å². The molecule has 2 aromatic carbocycles. The third-order valence-corrected chi connectivity index (χ3v) is 7.92. The smallest absolute Gasteiger partial charge is 0.251 e. The number of carbonyl (C=O) groups excluding carboxylic acids is 1. The number of hydrogen-bond acceptors (Lipinski definition) is 4. The van der Waals surface area contributed by atoms with Crippen LogP contribution < -0.4 is 9.64 Å². The average molecular weight is 486 g/mol. The Morgan fingerprint density at radius 3 is 2.45 bits per heavy atom. The van der Waals surface area contributed by atoms with Gasteiger partial charge in [0.1, 0.15) is 5.75 Å². The molecule has 0 radical (unpaired) electrons. The first-order valence-electron chi connectivity index (χ1n) is 11.6. The van der Waals surface area contributed by atoms with E-state index in [0.29, 0.717) is 22.0 Å². The van der Waals surface area contributed by atoms with Gasteiger partial charge in [-0.3, -0.25) is 9.69 Å². The van der Waals surface area contributed by atoms with Gasteiger partial charge in [-0.15, -0.1) is 0 Å². The van der Waals surface area contributed by atoms with E-state index < -0.39 is 0 Å². The maximum atomic E-state index is 13.5. The third-order valence-electron chi connectivity index (χ3n) is 7.18. The molecule has 33 heavy (non-hydrogen) atoms. The molecular formula is C26H29Cl2N3O2. The summed E-state index contributed by atoms with van der Waals surface area (Å²) >= 11 is 12.2. The monoisotopic (exact) mass is 485 g/mol. The van der Waals surface area contributed by atoms with Crippen molar-refractivity contribution in [2.75, 3.05) is 38.2 Å². The Hall–Kier alpha value is -2.21. The highest BCUT2D eigenvalue weighted by molar-refractivity contribution is 6.42. The number of halogens is 2.